The Balaban J connectivity index is 1.68. The van der Waals surface area contributed by atoms with Crippen LogP contribution in [0.15, 0.2) is 24.3 Å². The zero-order chi connectivity index (χ0) is 13.8. The Labute approximate surface area is 122 Å². The topological polar surface area (TPSA) is 35.5 Å². The molecule has 1 saturated heterocycles. The van der Waals surface area contributed by atoms with Crippen molar-refractivity contribution in [1.82, 2.24) is 10.2 Å². The normalized spacial score (nSPS) is 25.7. The summed E-state index contributed by atoms with van der Waals surface area (Å²) in [5.74, 6) is 1.24. The van der Waals surface area contributed by atoms with Crippen LogP contribution in [0.25, 0.3) is 0 Å². The summed E-state index contributed by atoms with van der Waals surface area (Å²) in [7, 11) is 0. The van der Waals surface area contributed by atoms with Crippen molar-refractivity contribution in [3.05, 3.63) is 29.8 Å². The molecule has 0 aromatic heterocycles. The number of benzene rings is 1. The SMILES string of the molecule is Oc1cccc(CN2CCNCC2C2CCCCC2)c1. The van der Waals surface area contributed by atoms with Gasteiger partial charge < -0.3 is 10.4 Å². The lowest BCUT2D eigenvalue weighted by Crippen LogP contribution is -2.54. The first-order valence-corrected chi connectivity index (χ1v) is 8.05. The lowest BCUT2D eigenvalue weighted by Gasteiger charge is -2.42. The highest BCUT2D eigenvalue weighted by molar-refractivity contribution is 5.27. The third kappa shape index (κ3) is 3.33. The Hall–Kier alpha value is -1.06. The second-order valence-electron chi connectivity index (χ2n) is 6.31. The number of phenols is 1. The first-order chi connectivity index (χ1) is 9.83. The van der Waals surface area contributed by atoms with Crippen LogP contribution in [-0.2, 0) is 6.54 Å². The monoisotopic (exact) mass is 274 g/mol. The predicted octanol–water partition coefficient (Wildman–Crippen LogP) is 2.75. The second-order valence-corrected chi connectivity index (χ2v) is 6.31. The number of aromatic hydroxyl groups is 1. The maximum absolute atomic E-state index is 9.63. The van der Waals surface area contributed by atoms with E-state index in [2.05, 4.69) is 16.3 Å². The van der Waals surface area contributed by atoms with Crippen LogP contribution >= 0.6 is 0 Å². The van der Waals surface area contributed by atoms with Gasteiger partial charge in [0.2, 0.25) is 0 Å². The number of hydrogen-bond acceptors (Lipinski definition) is 3. The van der Waals surface area contributed by atoms with Gasteiger partial charge in [-0.25, -0.2) is 0 Å². The van der Waals surface area contributed by atoms with Crippen LogP contribution in [-0.4, -0.2) is 35.7 Å². The van der Waals surface area contributed by atoms with Crippen LogP contribution in [0.3, 0.4) is 0 Å². The van der Waals surface area contributed by atoms with E-state index in [1.165, 1.54) is 37.7 Å². The van der Waals surface area contributed by atoms with E-state index in [1.807, 2.05) is 12.1 Å². The van der Waals surface area contributed by atoms with E-state index < -0.39 is 0 Å². The van der Waals surface area contributed by atoms with Crippen LogP contribution in [0, 0.1) is 5.92 Å². The van der Waals surface area contributed by atoms with Gasteiger partial charge in [0.1, 0.15) is 5.75 Å². The molecule has 110 valence electrons. The van der Waals surface area contributed by atoms with E-state index in [1.54, 1.807) is 6.07 Å². The van der Waals surface area contributed by atoms with Gasteiger partial charge in [-0.15, -0.1) is 0 Å². The Morgan fingerprint density at radius 2 is 2.05 bits per heavy atom. The fourth-order valence-electron chi connectivity index (χ4n) is 3.84. The van der Waals surface area contributed by atoms with E-state index in [-0.39, 0.29) is 0 Å². The van der Waals surface area contributed by atoms with Gasteiger partial charge in [0.25, 0.3) is 0 Å². The molecule has 1 aromatic carbocycles. The van der Waals surface area contributed by atoms with Crippen LogP contribution in [0.5, 0.6) is 5.75 Å². The molecule has 1 heterocycles. The van der Waals surface area contributed by atoms with Crippen molar-refractivity contribution in [2.24, 2.45) is 5.92 Å². The lowest BCUT2D eigenvalue weighted by molar-refractivity contribution is 0.0859. The molecule has 2 N–H and O–H groups in total. The van der Waals surface area contributed by atoms with Crippen LogP contribution in [0.4, 0.5) is 0 Å². The molecule has 0 amide bonds. The highest BCUT2D eigenvalue weighted by atomic mass is 16.3. The Kier molecular flexibility index (Phi) is 4.58. The van der Waals surface area contributed by atoms with Crippen molar-refractivity contribution < 1.29 is 5.11 Å². The van der Waals surface area contributed by atoms with Crippen molar-refractivity contribution >= 4 is 0 Å². The first-order valence-electron chi connectivity index (χ1n) is 8.05. The molecule has 0 spiro atoms. The van der Waals surface area contributed by atoms with E-state index in [0.717, 1.165) is 32.1 Å². The third-order valence-electron chi connectivity index (χ3n) is 4.89. The molecule has 1 aliphatic carbocycles. The molecule has 1 aliphatic heterocycles. The van der Waals surface area contributed by atoms with Gasteiger partial charge in [-0.1, -0.05) is 31.4 Å². The number of hydrogen-bond donors (Lipinski definition) is 2. The average Bonchev–Trinajstić information content (AvgIpc) is 2.49. The summed E-state index contributed by atoms with van der Waals surface area (Å²) in [6.07, 6.45) is 7.01. The Morgan fingerprint density at radius 3 is 2.85 bits per heavy atom. The summed E-state index contributed by atoms with van der Waals surface area (Å²) in [6, 6.07) is 8.40. The van der Waals surface area contributed by atoms with Gasteiger partial charge in [0.05, 0.1) is 0 Å². The molecule has 1 unspecified atom stereocenters. The minimum Gasteiger partial charge on any atom is -0.508 e. The van der Waals surface area contributed by atoms with E-state index >= 15 is 0 Å². The molecule has 3 heteroatoms. The van der Waals surface area contributed by atoms with Crippen molar-refractivity contribution in [1.29, 1.82) is 0 Å². The van der Waals surface area contributed by atoms with Gasteiger partial charge in [-0.2, -0.15) is 0 Å². The number of nitrogens with zero attached hydrogens (tertiary/aromatic N) is 1. The third-order valence-corrected chi connectivity index (χ3v) is 4.89. The summed E-state index contributed by atoms with van der Waals surface area (Å²) >= 11 is 0. The number of nitrogens with one attached hydrogen (secondary N) is 1. The Bertz CT molecular complexity index is 429. The van der Waals surface area contributed by atoms with Crippen molar-refractivity contribution in [2.75, 3.05) is 19.6 Å². The number of piperazine rings is 1. The highest BCUT2D eigenvalue weighted by Crippen LogP contribution is 2.30. The van der Waals surface area contributed by atoms with Gasteiger partial charge in [-0.05, 0) is 36.5 Å². The molecule has 0 bridgehead atoms. The molecule has 1 atom stereocenters. The maximum Gasteiger partial charge on any atom is 0.115 e. The van der Waals surface area contributed by atoms with E-state index in [9.17, 15) is 5.11 Å². The quantitative estimate of drug-likeness (QED) is 0.889. The summed E-state index contributed by atoms with van der Waals surface area (Å²) in [5, 5.41) is 13.2. The van der Waals surface area contributed by atoms with Gasteiger partial charge >= 0.3 is 0 Å². The van der Waals surface area contributed by atoms with Gasteiger partial charge in [0, 0.05) is 32.2 Å². The minimum absolute atomic E-state index is 0.381. The lowest BCUT2D eigenvalue weighted by atomic mass is 9.82. The molecule has 1 aromatic rings. The van der Waals surface area contributed by atoms with Crippen molar-refractivity contribution in [2.45, 2.75) is 44.7 Å². The molecule has 1 saturated carbocycles. The molecular formula is C17H26N2O. The molecular weight excluding hydrogens is 248 g/mol. The van der Waals surface area contributed by atoms with E-state index in [4.69, 9.17) is 0 Å². The Morgan fingerprint density at radius 1 is 1.20 bits per heavy atom. The molecule has 0 radical (unpaired) electrons. The highest BCUT2D eigenvalue weighted by Gasteiger charge is 2.30. The first kappa shape index (κ1) is 13.9. The van der Waals surface area contributed by atoms with Crippen LogP contribution in [0.2, 0.25) is 0 Å². The smallest absolute Gasteiger partial charge is 0.115 e. The number of rotatable bonds is 3. The largest absolute Gasteiger partial charge is 0.508 e. The molecule has 3 nitrogen and oxygen atoms in total. The molecule has 3 rings (SSSR count). The summed E-state index contributed by atoms with van der Waals surface area (Å²) in [4.78, 5) is 2.63. The zero-order valence-electron chi connectivity index (χ0n) is 12.2. The van der Waals surface area contributed by atoms with E-state index in [0.29, 0.717) is 11.8 Å². The second kappa shape index (κ2) is 6.59. The molecule has 20 heavy (non-hydrogen) atoms. The fraction of sp³-hybridized carbons (Fsp3) is 0.647. The summed E-state index contributed by atoms with van der Waals surface area (Å²) in [6.45, 7) is 4.31. The minimum atomic E-state index is 0.381. The fourth-order valence-corrected chi connectivity index (χ4v) is 3.84. The summed E-state index contributed by atoms with van der Waals surface area (Å²) in [5.41, 5.74) is 1.23. The van der Waals surface area contributed by atoms with Gasteiger partial charge in [-0.3, -0.25) is 4.90 Å². The zero-order valence-corrected chi connectivity index (χ0v) is 12.2. The standard InChI is InChI=1S/C17H26N2O/c20-16-8-4-5-14(11-16)13-19-10-9-18-12-17(19)15-6-2-1-3-7-15/h4-5,8,11,15,17-18,20H,1-3,6-7,9-10,12-13H2. The van der Waals surface area contributed by atoms with Crippen molar-refractivity contribution in [3.63, 3.8) is 0 Å². The summed E-state index contributed by atoms with van der Waals surface area (Å²) < 4.78 is 0. The van der Waals surface area contributed by atoms with Crippen molar-refractivity contribution in [3.8, 4) is 5.75 Å². The maximum atomic E-state index is 9.63. The van der Waals surface area contributed by atoms with Gasteiger partial charge in [0.15, 0.2) is 0 Å². The molecule has 2 fully saturated rings. The molecule has 2 aliphatic rings. The van der Waals surface area contributed by atoms with Crippen LogP contribution in [0.1, 0.15) is 37.7 Å². The average molecular weight is 274 g/mol. The number of phenolic OH excluding ortho intramolecular Hbond substituents is 1. The predicted molar refractivity (Wildman–Crippen MR) is 81.7 cm³/mol. The van der Waals surface area contributed by atoms with Crippen LogP contribution < -0.4 is 5.32 Å².